The van der Waals surface area contributed by atoms with Gasteiger partial charge in [0.05, 0.1) is 19.2 Å². The van der Waals surface area contributed by atoms with Gasteiger partial charge >= 0.3 is 0 Å². The van der Waals surface area contributed by atoms with E-state index in [2.05, 4.69) is 67.5 Å². The summed E-state index contributed by atoms with van der Waals surface area (Å²) in [5.74, 6) is 1.96. The number of hydrogen-bond acceptors (Lipinski definition) is 5. The summed E-state index contributed by atoms with van der Waals surface area (Å²) in [7, 11) is 1.66. The number of aryl methyl sites for hydroxylation is 2. The van der Waals surface area contributed by atoms with E-state index in [0.717, 1.165) is 41.9 Å². The number of carbonyl (C=O) groups is 1. The predicted molar refractivity (Wildman–Crippen MR) is 155 cm³/mol. The molecule has 1 atom stereocenters. The Morgan fingerprint density at radius 2 is 1.87 bits per heavy atom. The Bertz CT molecular complexity index is 1280. The lowest BCUT2D eigenvalue weighted by Gasteiger charge is -2.33. The molecular formula is C32H41N3O2S. The molecule has 1 aliphatic heterocycles. The molecule has 3 aromatic rings. The largest absolute Gasteiger partial charge is 0.481 e. The molecule has 0 radical (unpaired) electrons. The van der Waals surface area contributed by atoms with Crippen LogP contribution in [-0.2, 0) is 19.5 Å². The van der Waals surface area contributed by atoms with Gasteiger partial charge in [-0.3, -0.25) is 4.79 Å². The summed E-state index contributed by atoms with van der Waals surface area (Å²) in [4.78, 5) is 23.0. The predicted octanol–water partition coefficient (Wildman–Crippen LogP) is 6.73. The van der Waals surface area contributed by atoms with Gasteiger partial charge in [0, 0.05) is 46.6 Å². The van der Waals surface area contributed by atoms with Gasteiger partial charge in [0.15, 0.2) is 0 Å². The zero-order chi connectivity index (χ0) is 26.8. The lowest BCUT2D eigenvalue weighted by atomic mass is 9.77. The molecule has 5 nitrogen and oxygen atoms in total. The molecule has 1 N–H and O–H groups in total. The first-order valence-corrected chi connectivity index (χ1v) is 14.9. The van der Waals surface area contributed by atoms with Crippen molar-refractivity contribution < 1.29 is 9.53 Å². The van der Waals surface area contributed by atoms with Gasteiger partial charge in [-0.05, 0) is 81.0 Å². The van der Waals surface area contributed by atoms with E-state index in [1.807, 2.05) is 23.2 Å². The van der Waals surface area contributed by atoms with Gasteiger partial charge in [-0.2, -0.15) is 0 Å². The number of pyridine rings is 1. The zero-order valence-corrected chi connectivity index (χ0v) is 24.3. The highest BCUT2D eigenvalue weighted by atomic mass is 32.1. The molecule has 5 rings (SSSR count). The molecule has 1 aromatic carbocycles. The maximum Gasteiger partial charge on any atom is 0.255 e. The molecule has 2 aliphatic rings. The fourth-order valence-corrected chi connectivity index (χ4v) is 7.84. The van der Waals surface area contributed by atoms with Crippen molar-refractivity contribution in [3.8, 4) is 5.88 Å². The van der Waals surface area contributed by atoms with Crippen LogP contribution in [0.2, 0.25) is 0 Å². The van der Waals surface area contributed by atoms with Crippen molar-refractivity contribution in [1.29, 1.82) is 0 Å². The number of nitrogens with one attached hydrogen (secondary N) is 1. The summed E-state index contributed by atoms with van der Waals surface area (Å²) in [6, 6.07) is 13.4. The van der Waals surface area contributed by atoms with Gasteiger partial charge in [0.1, 0.15) is 0 Å². The summed E-state index contributed by atoms with van der Waals surface area (Å²) in [5.41, 5.74) is 6.59. The number of ether oxygens (including phenoxy) is 1. The lowest BCUT2D eigenvalue weighted by molar-refractivity contribution is 0.0726. The molecule has 1 fully saturated rings. The molecule has 1 saturated carbocycles. The third kappa shape index (κ3) is 5.52. The monoisotopic (exact) mass is 531 g/mol. The quantitative estimate of drug-likeness (QED) is 0.350. The van der Waals surface area contributed by atoms with Crippen LogP contribution in [0.4, 0.5) is 0 Å². The number of amides is 1. The van der Waals surface area contributed by atoms with E-state index in [-0.39, 0.29) is 5.91 Å². The van der Waals surface area contributed by atoms with Gasteiger partial charge in [0.25, 0.3) is 5.91 Å². The third-order valence-electron chi connectivity index (χ3n) is 8.68. The van der Waals surface area contributed by atoms with E-state index < -0.39 is 0 Å². The first kappa shape index (κ1) is 26.9. The van der Waals surface area contributed by atoms with Crippen LogP contribution in [0.3, 0.4) is 0 Å². The Balaban J connectivity index is 1.24. The Kier molecular flexibility index (Phi) is 8.20. The average molecular weight is 532 g/mol. The van der Waals surface area contributed by atoms with Crippen molar-refractivity contribution in [2.24, 2.45) is 5.92 Å². The van der Waals surface area contributed by atoms with Gasteiger partial charge < -0.3 is 15.0 Å². The minimum atomic E-state index is 0.161. The van der Waals surface area contributed by atoms with Crippen LogP contribution in [0.25, 0.3) is 0 Å². The Labute approximate surface area is 231 Å². The topological polar surface area (TPSA) is 54.5 Å². The summed E-state index contributed by atoms with van der Waals surface area (Å²) < 4.78 is 5.57. The second kappa shape index (κ2) is 11.6. The molecule has 3 heterocycles. The van der Waals surface area contributed by atoms with Crippen LogP contribution in [0.5, 0.6) is 5.88 Å². The molecule has 6 heteroatoms. The third-order valence-corrected chi connectivity index (χ3v) is 10.2. The molecule has 0 saturated heterocycles. The van der Waals surface area contributed by atoms with Crippen molar-refractivity contribution >= 4 is 17.2 Å². The van der Waals surface area contributed by atoms with Gasteiger partial charge in [0.2, 0.25) is 5.88 Å². The standard InChI is InChI=1S/C32H41N3O2S/c1-20-17-21(2)34-31(37-5)27(20)19-35-16-15-28-29(32(35)36)23(4)30(38-28)22(3)25-11-13-26(14-12-25)33-18-24-9-7-6-8-10-24/h6-10,17,22,25-26,33H,11-16,18-19H2,1-5H3/t22-,25-,26-/m1/s1. The number of rotatable bonds is 8. The van der Waals surface area contributed by atoms with Crippen LogP contribution < -0.4 is 10.1 Å². The number of fused-ring (bicyclic) bond motifs is 1. The van der Waals surface area contributed by atoms with E-state index in [1.165, 1.54) is 46.6 Å². The number of nitrogens with zero attached hydrogens (tertiary/aromatic N) is 2. The molecule has 202 valence electrons. The minimum absolute atomic E-state index is 0.161. The maximum atomic E-state index is 13.7. The van der Waals surface area contributed by atoms with E-state index in [1.54, 1.807) is 7.11 Å². The van der Waals surface area contributed by atoms with Crippen molar-refractivity contribution in [2.75, 3.05) is 13.7 Å². The molecular weight excluding hydrogens is 490 g/mol. The van der Waals surface area contributed by atoms with Gasteiger partial charge in [-0.1, -0.05) is 37.3 Å². The summed E-state index contributed by atoms with van der Waals surface area (Å²) >= 11 is 1.90. The molecule has 2 aromatic heterocycles. The second-order valence-corrected chi connectivity index (χ2v) is 12.3. The zero-order valence-electron chi connectivity index (χ0n) is 23.5. The van der Waals surface area contributed by atoms with Crippen LogP contribution in [-0.4, -0.2) is 35.5 Å². The number of aromatic nitrogens is 1. The summed E-state index contributed by atoms with van der Waals surface area (Å²) in [6.07, 6.45) is 5.87. The normalized spacial score (nSPS) is 20.3. The first-order chi connectivity index (χ1) is 18.4. The summed E-state index contributed by atoms with van der Waals surface area (Å²) in [5, 5.41) is 3.77. The van der Waals surface area contributed by atoms with Crippen molar-refractivity contribution in [3.05, 3.63) is 79.7 Å². The fraction of sp³-hybridized carbons (Fsp3) is 0.500. The Morgan fingerprint density at radius 1 is 1.13 bits per heavy atom. The van der Waals surface area contributed by atoms with Crippen LogP contribution in [0.1, 0.15) is 86.6 Å². The lowest BCUT2D eigenvalue weighted by Crippen LogP contribution is -2.37. The number of benzene rings is 1. The van der Waals surface area contributed by atoms with Crippen molar-refractivity contribution in [1.82, 2.24) is 15.2 Å². The van der Waals surface area contributed by atoms with Gasteiger partial charge in [-0.15, -0.1) is 11.3 Å². The van der Waals surface area contributed by atoms with E-state index in [9.17, 15) is 4.79 Å². The molecule has 0 bridgehead atoms. The molecule has 0 spiro atoms. The van der Waals surface area contributed by atoms with E-state index in [0.29, 0.717) is 30.3 Å². The molecule has 0 unspecified atom stereocenters. The second-order valence-electron chi connectivity index (χ2n) is 11.2. The number of hydrogen-bond donors (Lipinski definition) is 1. The van der Waals surface area contributed by atoms with Crippen LogP contribution >= 0.6 is 11.3 Å². The fourth-order valence-electron chi connectivity index (χ4n) is 6.41. The Morgan fingerprint density at radius 3 is 2.58 bits per heavy atom. The molecule has 1 aliphatic carbocycles. The average Bonchev–Trinajstić information content (AvgIpc) is 3.27. The first-order valence-electron chi connectivity index (χ1n) is 14.1. The SMILES string of the molecule is COc1nc(C)cc(C)c1CN1CCc2sc([C@H](C)[C@H]3CC[C@H](NCc4ccccc4)CC3)c(C)c2C1=O. The van der Waals surface area contributed by atoms with Crippen LogP contribution in [0, 0.1) is 26.7 Å². The number of methoxy groups -OCH3 is 1. The highest BCUT2D eigenvalue weighted by molar-refractivity contribution is 7.12. The summed E-state index contributed by atoms with van der Waals surface area (Å²) in [6.45, 7) is 10.9. The van der Waals surface area contributed by atoms with E-state index >= 15 is 0 Å². The Hall–Kier alpha value is -2.70. The smallest absolute Gasteiger partial charge is 0.255 e. The van der Waals surface area contributed by atoms with E-state index in [4.69, 9.17) is 4.74 Å². The molecule has 1 amide bonds. The van der Waals surface area contributed by atoms with Crippen LogP contribution in [0.15, 0.2) is 36.4 Å². The van der Waals surface area contributed by atoms with Gasteiger partial charge in [-0.25, -0.2) is 4.98 Å². The molecule has 38 heavy (non-hydrogen) atoms. The number of thiophene rings is 1. The minimum Gasteiger partial charge on any atom is -0.481 e. The highest BCUT2D eigenvalue weighted by Crippen LogP contribution is 2.43. The van der Waals surface area contributed by atoms with Crippen molar-refractivity contribution in [2.45, 2.75) is 84.8 Å². The number of carbonyl (C=O) groups excluding carboxylic acids is 1. The van der Waals surface area contributed by atoms with Crippen molar-refractivity contribution in [3.63, 3.8) is 0 Å². The maximum absolute atomic E-state index is 13.7. The highest BCUT2D eigenvalue weighted by Gasteiger charge is 2.34.